The van der Waals surface area contributed by atoms with Crippen molar-refractivity contribution >= 4 is 17.4 Å². The molecule has 5 nitrogen and oxygen atoms in total. The first-order chi connectivity index (χ1) is 11.0. The maximum absolute atomic E-state index is 12.4. The highest BCUT2D eigenvalue weighted by Crippen LogP contribution is 2.41. The third kappa shape index (κ3) is 3.30. The van der Waals surface area contributed by atoms with Crippen LogP contribution in [0, 0.1) is 0 Å². The lowest BCUT2D eigenvalue weighted by Crippen LogP contribution is -2.59. The third-order valence-corrected chi connectivity index (χ3v) is 4.69. The number of benzene rings is 1. The van der Waals surface area contributed by atoms with E-state index in [0.717, 1.165) is 18.4 Å². The number of Topliss-reactive ketones (excluding diaryl/α,β-unsaturated/α-hetero) is 1. The quantitative estimate of drug-likeness (QED) is 0.826. The summed E-state index contributed by atoms with van der Waals surface area (Å²) in [5.74, 6) is -1.46. The fraction of sp³-hybridized carbons (Fsp3) is 0.588. The van der Waals surface area contributed by atoms with Crippen molar-refractivity contribution in [2.45, 2.75) is 56.9 Å². The number of fused-ring (bicyclic) bond motifs is 1. The van der Waals surface area contributed by atoms with Crippen molar-refractivity contribution in [3.8, 4) is 0 Å². The Morgan fingerprint density at radius 3 is 2.91 bits per heavy atom. The molecular formula is C17H21ClO5. The van der Waals surface area contributed by atoms with Gasteiger partial charge in [-0.2, -0.15) is 0 Å². The van der Waals surface area contributed by atoms with E-state index in [-0.39, 0.29) is 19.0 Å². The van der Waals surface area contributed by atoms with Gasteiger partial charge in [-0.3, -0.25) is 4.79 Å². The Hall–Kier alpha value is -0.980. The van der Waals surface area contributed by atoms with E-state index in [2.05, 4.69) is 0 Å². The number of halogens is 1. The second-order valence-corrected chi connectivity index (χ2v) is 6.46. The molecule has 1 aromatic carbocycles. The molecule has 0 radical (unpaired) electrons. The second-order valence-electron chi connectivity index (χ2n) is 6.05. The Bertz CT molecular complexity index is 578. The number of ether oxygens (including phenoxy) is 3. The molecule has 4 atom stereocenters. The van der Waals surface area contributed by atoms with Crippen LogP contribution < -0.4 is 0 Å². The zero-order valence-corrected chi connectivity index (χ0v) is 13.8. The van der Waals surface area contributed by atoms with Crippen LogP contribution in [0.2, 0.25) is 5.02 Å². The van der Waals surface area contributed by atoms with Crippen molar-refractivity contribution in [2.75, 3.05) is 6.61 Å². The molecule has 2 aliphatic rings. The fourth-order valence-corrected chi connectivity index (χ4v) is 3.13. The molecule has 0 unspecified atom stereocenters. The Balaban J connectivity index is 1.69. The van der Waals surface area contributed by atoms with E-state index < -0.39 is 24.1 Å². The molecule has 2 heterocycles. The van der Waals surface area contributed by atoms with E-state index >= 15 is 0 Å². The number of hydrogen-bond acceptors (Lipinski definition) is 5. The minimum Gasteiger partial charge on any atom is -0.367 e. The number of unbranched alkanes of at least 4 members (excludes halogenated alkanes) is 1. The van der Waals surface area contributed by atoms with E-state index in [4.69, 9.17) is 25.8 Å². The van der Waals surface area contributed by atoms with Crippen LogP contribution >= 0.6 is 11.6 Å². The molecule has 2 fully saturated rings. The normalized spacial score (nSPS) is 32.4. The number of hydrogen-bond donors (Lipinski definition) is 1. The van der Waals surface area contributed by atoms with Gasteiger partial charge in [-0.25, -0.2) is 0 Å². The van der Waals surface area contributed by atoms with Crippen molar-refractivity contribution < 1.29 is 24.1 Å². The van der Waals surface area contributed by atoms with Gasteiger partial charge in [0.1, 0.15) is 24.9 Å². The van der Waals surface area contributed by atoms with Gasteiger partial charge in [0.2, 0.25) is 5.79 Å². The summed E-state index contributed by atoms with van der Waals surface area (Å²) in [5, 5.41) is 10.9. The summed E-state index contributed by atoms with van der Waals surface area (Å²) in [6, 6.07) is 7.36. The van der Waals surface area contributed by atoms with Crippen LogP contribution in [-0.2, 0) is 25.6 Å². The van der Waals surface area contributed by atoms with Crippen LogP contribution in [0.3, 0.4) is 0 Å². The molecular weight excluding hydrogens is 320 g/mol. The first-order valence-electron chi connectivity index (χ1n) is 7.94. The maximum Gasteiger partial charge on any atom is 0.220 e. The molecule has 0 aromatic heterocycles. The van der Waals surface area contributed by atoms with E-state index in [0.29, 0.717) is 11.4 Å². The molecule has 0 bridgehead atoms. The van der Waals surface area contributed by atoms with Gasteiger partial charge in [-0.15, -0.1) is 0 Å². The molecule has 0 aliphatic carbocycles. The van der Waals surface area contributed by atoms with Crippen LogP contribution in [0.4, 0.5) is 0 Å². The van der Waals surface area contributed by atoms with Gasteiger partial charge in [-0.05, 0) is 18.1 Å². The third-order valence-electron chi connectivity index (χ3n) is 4.33. The molecule has 0 spiro atoms. The number of carbonyl (C=O) groups is 1. The SMILES string of the molecule is CCCCC(=O)[C@H]1O[C@@]2(O)CO[C@@H]2[C@H]1OCc1ccccc1Cl. The number of carbonyl (C=O) groups excluding carboxylic acids is 1. The Labute approximate surface area is 140 Å². The van der Waals surface area contributed by atoms with Gasteiger partial charge in [0.05, 0.1) is 6.61 Å². The molecule has 23 heavy (non-hydrogen) atoms. The molecule has 126 valence electrons. The highest BCUT2D eigenvalue weighted by Gasteiger charge is 2.64. The van der Waals surface area contributed by atoms with Crippen molar-refractivity contribution in [2.24, 2.45) is 0 Å². The molecule has 2 aliphatic heterocycles. The Morgan fingerprint density at radius 1 is 1.48 bits per heavy atom. The smallest absolute Gasteiger partial charge is 0.220 e. The van der Waals surface area contributed by atoms with Crippen LogP contribution in [0.15, 0.2) is 24.3 Å². The van der Waals surface area contributed by atoms with Crippen LogP contribution in [0.25, 0.3) is 0 Å². The predicted molar refractivity (Wildman–Crippen MR) is 84.1 cm³/mol. The lowest BCUT2D eigenvalue weighted by molar-refractivity contribution is -0.334. The standard InChI is InChI=1S/C17H21ClO5/c1-2-3-8-13(19)14-15(16-17(20,23-14)10-22-16)21-9-11-6-4-5-7-12(11)18/h4-7,14-16,20H,2-3,8-10H2,1H3/t14-,15+,16-,17+/m1/s1. The summed E-state index contributed by atoms with van der Waals surface area (Å²) in [6.45, 7) is 2.33. The fourth-order valence-electron chi connectivity index (χ4n) is 2.94. The van der Waals surface area contributed by atoms with Gasteiger partial charge in [0, 0.05) is 11.4 Å². The second kappa shape index (κ2) is 6.87. The zero-order valence-electron chi connectivity index (χ0n) is 13.0. The van der Waals surface area contributed by atoms with Crippen molar-refractivity contribution in [3.63, 3.8) is 0 Å². The summed E-state index contributed by atoms with van der Waals surface area (Å²) < 4.78 is 16.8. The maximum atomic E-state index is 12.4. The monoisotopic (exact) mass is 340 g/mol. The lowest BCUT2D eigenvalue weighted by atomic mass is 9.97. The minimum absolute atomic E-state index is 0.0533. The highest BCUT2D eigenvalue weighted by atomic mass is 35.5. The average Bonchev–Trinajstić information content (AvgIpc) is 2.72. The van der Waals surface area contributed by atoms with Crippen molar-refractivity contribution in [1.82, 2.24) is 0 Å². The van der Waals surface area contributed by atoms with Crippen LogP contribution in [0.1, 0.15) is 31.7 Å². The largest absolute Gasteiger partial charge is 0.367 e. The van der Waals surface area contributed by atoms with Crippen molar-refractivity contribution in [1.29, 1.82) is 0 Å². The van der Waals surface area contributed by atoms with Crippen LogP contribution in [0.5, 0.6) is 0 Å². The van der Waals surface area contributed by atoms with E-state index in [1.165, 1.54) is 0 Å². The molecule has 1 aromatic rings. The number of ketones is 1. The first kappa shape index (κ1) is 16.9. The van der Waals surface area contributed by atoms with Gasteiger partial charge in [0.15, 0.2) is 5.78 Å². The average molecular weight is 341 g/mol. The van der Waals surface area contributed by atoms with Crippen molar-refractivity contribution in [3.05, 3.63) is 34.9 Å². The first-order valence-corrected chi connectivity index (χ1v) is 8.32. The van der Waals surface area contributed by atoms with E-state index in [1.54, 1.807) is 6.07 Å². The van der Waals surface area contributed by atoms with Crippen LogP contribution in [-0.4, -0.2) is 41.6 Å². The number of rotatable bonds is 7. The minimum atomic E-state index is -1.41. The molecule has 2 saturated heterocycles. The summed E-state index contributed by atoms with van der Waals surface area (Å²) in [4.78, 5) is 12.4. The molecule has 6 heteroatoms. The topological polar surface area (TPSA) is 65.0 Å². The Morgan fingerprint density at radius 2 is 2.26 bits per heavy atom. The molecule has 0 saturated carbocycles. The summed E-state index contributed by atoms with van der Waals surface area (Å²) >= 11 is 6.12. The molecule has 0 amide bonds. The summed E-state index contributed by atoms with van der Waals surface area (Å²) in [6.07, 6.45) is 0.0975. The molecule has 1 N–H and O–H groups in total. The lowest BCUT2D eigenvalue weighted by Gasteiger charge is -2.39. The predicted octanol–water partition coefficient (Wildman–Crippen LogP) is 2.47. The summed E-state index contributed by atoms with van der Waals surface area (Å²) in [7, 11) is 0. The van der Waals surface area contributed by atoms with Gasteiger partial charge >= 0.3 is 0 Å². The van der Waals surface area contributed by atoms with Gasteiger partial charge < -0.3 is 19.3 Å². The highest BCUT2D eigenvalue weighted by molar-refractivity contribution is 6.31. The van der Waals surface area contributed by atoms with Gasteiger partial charge in [-0.1, -0.05) is 43.1 Å². The number of aliphatic hydroxyl groups is 1. The van der Waals surface area contributed by atoms with E-state index in [1.807, 2.05) is 25.1 Å². The van der Waals surface area contributed by atoms with E-state index in [9.17, 15) is 9.90 Å². The molecule has 3 rings (SSSR count). The Kier molecular flexibility index (Phi) is 5.04. The zero-order chi connectivity index (χ0) is 16.4. The van der Waals surface area contributed by atoms with Gasteiger partial charge in [0.25, 0.3) is 0 Å². The summed E-state index contributed by atoms with van der Waals surface area (Å²) in [5.41, 5.74) is 0.823.